The van der Waals surface area contributed by atoms with Crippen LogP contribution in [-0.2, 0) is 10.2 Å². The van der Waals surface area contributed by atoms with E-state index in [1.165, 1.54) is 11.1 Å². The Labute approximate surface area is 109 Å². The molecule has 0 unspecified atom stereocenters. The molecule has 1 saturated carbocycles. The van der Waals surface area contributed by atoms with Gasteiger partial charge in [-0.15, -0.1) is 6.58 Å². The summed E-state index contributed by atoms with van der Waals surface area (Å²) in [4.78, 5) is 12.4. The quantitative estimate of drug-likeness (QED) is 0.625. The van der Waals surface area contributed by atoms with E-state index in [2.05, 4.69) is 37.0 Å². The Morgan fingerprint density at radius 1 is 1.50 bits per heavy atom. The molecule has 96 valence electrons. The van der Waals surface area contributed by atoms with E-state index in [1.807, 2.05) is 12.1 Å². The first-order chi connectivity index (χ1) is 8.69. The zero-order valence-electron chi connectivity index (χ0n) is 11.0. The fraction of sp³-hybridized carbons (Fsp3) is 0.438. The zero-order valence-corrected chi connectivity index (χ0v) is 11.0. The van der Waals surface area contributed by atoms with Crippen LogP contribution in [0.1, 0.15) is 36.8 Å². The van der Waals surface area contributed by atoms with Crippen LogP contribution < -0.4 is 5.32 Å². The second-order valence-electron chi connectivity index (χ2n) is 5.14. The highest BCUT2D eigenvalue weighted by Crippen LogP contribution is 2.44. The van der Waals surface area contributed by atoms with Gasteiger partial charge in [-0.05, 0) is 31.7 Å². The third-order valence-corrected chi connectivity index (χ3v) is 3.85. The molecule has 18 heavy (non-hydrogen) atoms. The molecule has 0 aromatic heterocycles. The third kappa shape index (κ3) is 2.33. The molecule has 1 aliphatic rings. The summed E-state index contributed by atoms with van der Waals surface area (Å²) in [6.45, 7) is 6.44. The van der Waals surface area contributed by atoms with Crippen molar-refractivity contribution in [1.82, 2.24) is 5.32 Å². The molecule has 2 nitrogen and oxygen atoms in total. The van der Waals surface area contributed by atoms with Crippen molar-refractivity contribution in [2.45, 2.75) is 38.0 Å². The molecule has 2 rings (SSSR count). The SMILES string of the molecule is C=CCCNC(=O)C1(c2cccc(C)c2)CCC1. The molecule has 1 aromatic carbocycles. The molecular formula is C16H21NO. The van der Waals surface area contributed by atoms with E-state index in [0.29, 0.717) is 6.54 Å². The molecule has 0 bridgehead atoms. The number of carbonyl (C=O) groups is 1. The van der Waals surface area contributed by atoms with Crippen LogP contribution in [0, 0.1) is 6.92 Å². The second kappa shape index (κ2) is 5.38. The van der Waals surface area contributed by atoms with E-state index < -0.39 is 0 Å². The number of hydrogen-bond acceptors (Lipinski definition) is 1. The van der Waals surface area contributed by atoms with E-state index in [0.717, 1.165) is 25.7 Å². The molecular weight excluding hydrogens is 222 g/mol. The number of amides is 1. The van der Waals surface area contributed by atoms with Gasteiger partial charge < -0.3 is 5.32 Å². The first-order valence-electron chi connectivity index (χ1n) is 6.65. The van der Waals surface area contributed by atoms with Crippen LogP contribution in [0.3, 0.4) is 0 Å². The van der Waals surface area contributed by atoms with Gasteiger partial charge in [0.05, 0.1) is 5.41 Å². The average Bonchev–Trinajstić information content (AvgIpc) is 2.28. The van der Waals surface area contributed by atoms with Gasteiger partial charge in [0.1, 0.15) is 0 Å². The van der Waals surface area contributed by atoms with Crippen LogP contribution in [-0.4, -0.2) is 12.5 Å². The predicted octanol–water partition coefficient (Wildman–Crippen LogP) is 3.11. The summed E-state index contributed by atoms with van der Waals surface area (Å²) in [6, 6.07) is 8.35. The number of aryl methyl sites for hydroxylation is 1. The monoisotopic (exact) mass is 243 g/mol. The molecule has 0 heterocycles. The molecule has 0 aliphatic heterocycles. The van der Waals surface area contributed by atoms with Gasteiger partial charge in [0.2, 0.25) is 5.91 Å². The molecule has 1 aliphatic carbocycles. The van der Waals surface area contributed by atoms with Crippen molar-refractivity contribution in [3.63, 3.8) is 0 Å². The maximum Gasteiger partial charge on any atom is 0.230 e. The minimum absolute atomic E-state index is 0.182. The van der Waals surface area contributed by atoms with E-state index in [9.17, 15) is 4.79 Å². The van der Waals surface area contributed by atoms with Crippen LogP contribution in [0.5, 0.6) is 0 Å². The van der Waals surface area contributed by atoms with Crippen molar-refractivity contribution in [2.24, 2.45) is 0 Å². The van der Waals surface area contributed by atoms with Gasteiger partial charge in [0.25, 0.3) is 0 Å². The molecule has 1 fully saturated rings. The van der Waals surface area contributed by atoms with Gasteiger partial charge in [-0.1, -0.05) is 42.3 Å². The van der Waals surface area contributed by atoms with Gasteiger partial charge in [-0.2, -0.15) is 0 Å². The normalized spacial score (nSPS) is 16.7. The summed E-state index contributed by atoms with van der Waals surface area (Å²) in [5.74, 6) is 0.182. The Morgan fingerprint density at radius 2 is 2.28 bits per heavy atom. The highest BCUT2D eigenvalue weighted by atomic mass is 16.2. The Morgan fingerprint density at radius 3 is 2.83 bits per heavy atom. The van der Waals surface area contributed by atoms with E-state index in [1.54, 1.807) is 0 Å². The predicted molar refractivity (Wildman–Crippen MR) is 74.5 cm³/mol. The van der Waals surface area contributed by atoms with E-state index in [4.69, 9.17) is 0 Å². The maximum absolute atomic E-state index is 12.4. The summed E-state index contributed by atoms with van der Waals surface area (Å²) in [6.07, 6.45) is 5.74. The fourth-order valence-corrected chi connectivity index (χ4v) is 2.58. The molecule has 0 radical (unpaired) electrons. The first kappa shape index (κ1) is 12.9. The van der Waals surface area contributed by atoms with Crippen LogP contribution in [0.4, 0.5) is 0 Å². The van der Waals surface area contributed by atoms with E-state index >= 15 is 0 Å². The fourth-order valence-electron chi connectivity index (χ4n) is 2.58. The Hall–Kier alpha value is -1.57. The lowest BCUT2D eigenvalue weighted by molar-refractivity contribution is -0.129. The van der Waals surface area contributed by atoms with Gasteiger partial charge in [-0.25, -0.2) is 0 Å². The van der Waals surface area contributed by atoms with Crippen LogP contribution in [0.2, 0.25) is 0 Å². The first-order valence-corrected chi connectivity index (χ1v) is 6.65. The third-order valence-electron chi connectivity index (χ3n) is 3.85. The number of carbonyl (C=O) groups excluding carboxylic acids is 1. The molecule has 1 aromatic rings. The molecule has 0 spiro atoms. The summed E-state index contributed by atoms with van der Waals surface area (Å²) >= 11 is 0. The molecule has 0 saturated heterocycles. The Bertz CT molecular complexity index is 446. The van der Waals surface area contributed by atoms with Crippen LogP contribution in [0.25, 0.3) is 0 Å². The number of hydrogen-bond donors (Lipinski definition) is 1. The Balaban J connectivity index is 2.15. The van der Waals surface area contributed by atoms with E-state index in [-0.39, 0.29) is 11.3 Å². The number of rotatable bonds is 5. The topological polar surface area (TPSA) is 29.1 Å². The van der Waals surface area contributed by atoms with Gasteiger partial charge in [-0.3, -0.25) is 4.79 Å². The minimum Gasteiger partial charge on any atom is -0.355 e. The average molecular weight is 243 g/mol. The summed E-state index contributed by atoms with van der Waals surface area (Å²) in [7, 11) is 0. The summed E-state index contributed by atoms with van der Waals surface area (Å²) < 4.78 is 0. The molecule has 1 amide bonds. The van der Waals surface area contributed by atoms with Crippen molar-refractivity contribution in [3.05, 3.63) is 48.0 Å². The minimum atomic E-state index is -0.271. The van der Waals surface area contributed by atoms with Gasteiger partial charge >= 0.3 is 0 Å². The lowest BCUT2D eigenvalue weighted by Gasteiger charge is -2.41. The largest absolute Gasteiger partial charge is 0.355 e. The molecule has 1 N–H and O–H groups in total. The maximum atomic E-state index is 12.4. The molecule has 0 atom stereocenters. The van der Waals surface area contributed by atoms with Crippen molar-refractivity contribution >= 4 is 5.91 Å². The number of benzene rings is 1. The zero-order chi connectivity index (χ0) is 13.0. The van der Waals surface area contributed by atoms with Crippen molar-refractivity contribution in [1.29, 1.82) is 0 Å². The molecule has 2 heteroatoms. The van der Waals surface area contributed by atoms with Gasteiger partial charge in [0, 0.05) is 6.54 Å². The summed E-state index contributed by atoms with van der Waals surface area (Å²) in [5.41, 5.74) is 2.12. The van der Waals surface area contributed by atoms with Gasteiger partial charge in [0.15, 0.2) is 0 Å². The van der Waals surface area contributed by atoms with Crippen LogP contribution in [0.15, 0.2) is 36.9 Å². The Kier molecular flexibility index (Phi) is 3.85. The second-order valence-corrected chi connectivity index (χ2v) is 5.14. The number of nitrogens with one attached hydrogen (secondary N) is 1. The smallest absolute Gasteiger partial charge is 0.230 e. The lowest BCUT2D eigenvalue weighted by Crippen LogP contribution is -2.49. The highest BCUT2D eigenvalue weighted by Gasteiger charge is 2.45. The van der Waals surface area contributed by atoms with Crippen molar-refractivity contribution in [2.75, 3.05) is 6.54 Å². The standard InChI is InChI=1S/C16H21NO/c1-3-4-11-17-15(18)16(9-6-10-16)14-8-5-7-13(2)12-14/h3,5,7-8,12H,1,4,6,9-11H2,2H3,(H,17,18). The summed E-state index contributed by atoms with van der Waals surface area (Å²) in [5, 5.41) is 3.03. The van der Waals surface area contributed by atoms with Crippen molar-refractivity contribution < 1.29 is 4.79 Å². The highest BCUT2D eigenvalue weighted by molar-refractivity contribution is 5.89. The van der Waals surface area contributed by atoms with Crippen LogP contribution >= 0.6 is 0 Å². The van der Waals surface area contributed by atoms with Crippen molar-refractivity contribution in [3.8, 4) is 0 Å². The lowest BCUT2D eigenvalue weighted by atomic mass is 9.63.